The molecule has 1 aromatic carbocycles. The molecule has 1 heterocycles. The van der Waals surface area contributed by atoms with Crippen molar-refractivity contribution >= 4 is 11.8 Å². The summed E-state index contributed by atoms with van der Waals surface area (Å²) >= 11 is 1.81. The van der Waals surface area contributed by atoms with E-state index in [1.807, 2.05) is 54.9 Å². The van der Waals surface area contributed by atoms with E-state index in [4.69, 9.17) is 4.74 Å². The van der Waals surface area contributed by atoms with Gasteiger partial charge in [-0.15, -0.1) is 11.8 Å². The third kappa shape index (κ3) is 4.51. The largest absolute Gasteiger partial charge is 0.494 e. The van der Waals surface area contributed by atoms with Gasteiger partial charge in [-0.25, -0.2) is 0 Å². The molecule has 0 amide bonds. The minimum absolute atomic E-state index is 0.267. The molecule has 1 atom stereocenters. The average molecular weight is 305 g/mol. The molecule has 0 spiro atoms. The van der Waals surface area contributed by atoms with Gasteiger partial charge in [0, 0.05) is 35.5 Å². The van der Waals surface area contributed by atoms with E-state index < -0.39 is 0 Å². The summed E-state index contributed by atoms with van der Waals surface area (Å²) in [5.74, 6) is 1.92. The SMILES string of the molecule is CCNC(CSc1cnn(C)c1)c1ccccc1OCC. The number of hydrogen-bond acceptors (Lipinski definition) is 4. The van der Waals surface area contributed by atoms with Crippen LogP contribution in [-0.2, 0) is 7.05 Å². The minimum atomic E-state index is 0.267. The maximum atomic E-state index is 5.75. The second-order valence-corrected chi connectivity index (χ2v) is 5.84. The monoisotopic (exact) mass is 305 g/mol. The van der Waals surface area contributed by atoms with Gasteiger partial charge >= 0.3 is 0 Å². The van der Waals surface area contributed by atoms with Crippen molar-refractivity contribution < 1.29 is 4.74 Å². The van der Waals surface area contributed by atoms with Gasteiger partial charge in [0.25, 0.3) is 0 Å². The Morgan fingerprint density at radius 1 is 1.33 bits per heavy atom. The third-order valence-electron chi connectivity index (χ3n) is 3.14. The number of nitrogens with one attached hydrogen (secondary N) is 1. The molecule has 114 valence electrons. The number of rotatable bonds is 8. The molecule has 0 aliphatic heterocycles. The topological polar surface area (TPSA) is 39.1 Å². The maximum Gasteiger partial charge on any atom is 0.124 e. The molecule has 0 saturated heterocycles. The van der Waals surface area contributed by atoms with Crippen LogP contribution in [0, 0.1) is 0 Å². The molecule has 1 aromatic heterocycles. The van der Waals surface area contributed by atoms with Crippen LogP contribution in [0.15, 0.2) is 41.6 Å². The van der Waals surface area contributed by atoms with Crippen LogP contribution in [0.4, 0.5) is 0 Å². The van der Waals surface area contributed by atoms with Crippen molar-refractivity contribution in [1.29, 1.82) is 0 Å². The molecule has 21 heavy (non-hydrogen) atoms. The van der Waals surface area contributed by atoms with E-state index in [0.29, 0.717) is 6.61 Å². The minimum Gasteiger partial charge on any atom is -0.494 e. The molecule has 0 fully saturated rings. The Kier molecular flexibility index (Phi) is 6.14. The van der Waals surface area contributed by atoms with E-state index in [1.165, 1.54) is 10.5 Å². The highest BCUT2D eigenvalue weighted by atomic mass is 32.2. The fraction of sp³-hybridized carbons (Fsp3) is 0.438. The summed E-state index contributed by atoms with van der Waals surface area (Å²) in [4.78, 5) is 1.19. The smallest absolute Gasteiger partial charge is 0.124 e. The van der Waals surface area contributed by atoms with Gasteiger partial charge in [0.15, 0.2) is 0 Å². The maximum absolute atomic E-state index is 5.75. The van der Waals surface area contributed by atoms with Crippen LogP contribution in [0.1, 0.15) is 25.5 Å². The van der Waals surface area contributed by atoms with Crippen LogP contribution >= 0.6 is 11.8 Å². The number of para-hydroxylation sites is 1. The highest BCUT2D eigenvalue weighted by Crippen LogP contribution is 2.30. The standard InChI is InChI=1S/C16H23N3OS/c1-4-17-15(12-21-13-10-18-19(3)11-13)14-8-6-7-9-16(14)20-5-2/h6-11,15,17H,4-5,12H2,1-3H3. The molecule has 0 radical (unpaired) electrons. The van der Waals surface area contributed by atoms with Gasteiger partial charge < -0.3 is 10.1 Å². The molecule has 5 heteroatoms. The molecule has 0 bridgehead atoms. The van der Waals surface area contributed by atoms with Crippen molar-refractivity contribution in [1.82, 2.24) is 15.1 Å². The lowest BCUT2D eigenvalue weighted by Crippen LogP contribution is -2.23. The van der Waals surface area contributed by atoms with Gasteiger partial charge in [0.1, 0.15) is 5.75 Å². The summed E-state index contributed by atoms with van der Waals surface area (Å²) in [7, 11) is 1.94. The van der Waals surface area contributed by atoms with Gasteiger partial charge in [0.05, 0.1) is 12.8 Å². The van der Waals surface area contributed by atoms with Crippen LogP contribution in [0.25, 0.3) is 0 Å². The number of benzene rings is 1. The highest BCUT2D eigenvalue weighted by Gasteiger charge is 2.15. The van der Waals surface area contributed by atoms with E-state index in [0.717, 1.165) is 18.0 Å². The van der Waals surface area contributed by atoms with Crippen molar-refractivity contribution in [2.75, 3.05) is 18.9 Å². The number of thioether (sulfide) groups is 1. The Balaban J connectivity index is 2.10. The lowest BCUT2D eigenvalue weighted by Gasteiger charge is -2.20. The number of aromatic nitrogens is 2. The summed E-state index contributed by atoms with van der Waals surface area (Å²) in [6.07, 6.45) is 3.95. The normalized spacial score (nSPS) is 12.3. The van der Waals surface area contributed by atoms with Crippen LogP contribution in [-0.4, -0.2) is 28.7 Å². The molecule has 2 aromatic rings. The quantitative estimate of drug-likeness (QED) is 0.760. The van der Waals surface area contributed by atoms with Crippen LogP contribution < -0.4 is 10.1 Å². The predicted molar refractivity (Wildman–Crippen MR) is 88.0 cm³/mol. The number of ether oxygens (including phenoxy) is 1. The second-order valence-electron chi connectivity index (χ2n) is 4.74. The van der Waals surface area contributed by atoms with E-state index in [2.05, 4.69) is 29.5 Å². The Bertz CT molecular complexity index is 556. The molecule has 0 aliphatic rings. The van der Waals surface area contributed by atoms with Crippen LogP contribution in [0.3, 0.4) is 0 Å². The summed E-state index contributed by atoms with van der Waals surface area (Å²) < 4.78 is 7.59. The van der Waals surface area contributed by atoms with Gasteiger partial charge in [-0.2, -0.15) is 5.10 Å². The molecule has 1 unspecified atom stereocenters. The van der Waals surface area contributed by atoms with E-state index in [1.54, 1.807) is 0 Å². The summed E-state index contributed by atoms with van der Waals surface area (Å²) in [5.41, 5.74) is 1.22. The average Bonchev–Trinajstić information content (AvgIpc) is 2.90. The number of aryl methyl sites for hydroxylation is 1. The molecule has 1 N–H and O–H groups in total. The van der Waals surface area contributed by atoms with Crippen molar-refractivity contribution in [3.05, 3.63) is 42.2 Å². The molecule has 2 rings (SSSR count). The number of nitrogens with zero attached hydrogens (tertiary/aromatic N) is 2. The van der Waals surface area contributed by atoms with E-state index >= 15 is 0 Å². The van der Waals surface area contributed by atoms with Gasteiger partial charge in [-0.1, -0.05) is 25.1 Å². The lowest BCUT2D eigenvalue weighted by atomic mass is 10.1. The van der Waals surface area contributed by atoms with Crippen molar-refractivity contribution in [2.24, 2.45) is 7.05 Å². The van der Waals surface area contributed by atoms with Crippen LogP contribution in [0.2, 0.25) is 0 Å². The van der Waals surface area contributed by atoms with E-state index in [9.17, 15) is 0 Å². The zero-order valence-electron chi connectivity index (χ0n) is 12.9. The molecule has 0 aliphatic carbocycles. The Labute approximate surface area is 130 Å². The fourth-order valence-corrected chi connectivity index (χ4v) is 3.22. The van der Waals surface area contributed by atoms with Gasteiger partial charge in [0.2, 0.25) is 0 Å². The molecule has 4 nitrogen and oxygen atoms in total. The second kappa shape index (κ2) is 8.10. The lowest BCUT2D eigenvalue weighted by molar-refractivity contribution is 0.333. The first-order valence-corrected chi connectivity index (χ1v) is 8.29. The summed E-state index contributed by atoms with van der Waals surface area (Å²) in [6.45, 7) is 5.76. The fourth-order valence-electron chi connectivity index (χ4n) is 2.21. The summed E-state index contributed by atoms with van der Waals surface area (Å²) in [5, 5.41) is 7.76. The zero-order chi connectivity index (χ0) is 15.1. The summed E-state index contributed by atoms with van der Waals surface area (Å²) in [6, 6.07) is 8.53. The first kappa shape index (κ1) is 15.9. The molecular weight excluding hydrogens is 282 g/mol. The Hall–Kier alpha value is -1.46. The zero-order valence-corrected chi connectivity index (χ0v) is 13.7. The Morgan fingerprint density at radius 3 is 2.81 bits per heavy atom. The Morgan fingerprint density at radius 2 is 2.14 bits per heavy atom. The van der Waals surface area contributed by atoms with Crippen molar-refractivity contribution in [3.63, 3.8) is 0 Å². The highest BCUT2D eigenvalue weighted by molar-refractivity contribution is 7.99. The molecular formula is C16H23N3OS. The predicted octanol–water partition coefficient (Wildman–Crippen LogP) is 3.26. The van der Waals surface area contributed by atoms with Gasteiger partial charge in [-0.05, 0) is 19.5 Å². The number of hydrogen-bond donors (Lipinski definition) is 1. The first-order valence-electron chi connectivity index (χ1n) is 7.31. The molecule has 0 saturated carbocycles. The third-order valence-corrected chi connectivity index (χ3v) is 4.19. The van der Waals surface area contributed by atoms with Crippen LogP contribution in [0.5, 0.6) is 5.75 Å². The van der Waals surface area contributed by atoms with E-state index in [-0.39, 0.29) is 6.04 Å². The van der Waals surface area contributed by atoms with Crippen molar-refractivity contribution in [2.45, 2.75) is 24.8 Å². The first-order chi connectivity index (χ1) is 10.2. The van der Waals surface area contributed by atoms with Gasteiger partial charge in [-0.3, -0.25) is 4.68 Å². The van der Waals surface area contributed by atoms with Crippen molar-refractivity contribution in [3.8, 4) is 5.75 Å².